The van der Waals surface area contributed by atoms with Gasteiger partial charge in [-0.15, -0.1) is 0 Å². The van der Waals surface area contributed by atoms with E-state index in [2.05, 4.69) is 41.1 Å². The van der Waals surface area contributed by atoms with Crippen LogP contribution < -0.4 is 0 Å². The molecular weight excluding hydrogens is 256 g/mol. The summed E-state index contributed by atoms with van der Waals surface area (Å²) in [5.41, 5.74) is 2.41. The Morgan fingerprint density at radius 1 is 1.33 bits per heavy atom. The lowest BCUT2D eigenvalue weighted by Crippen LogP contribution is -2.17. The summed E-state index contributed by atoms with van der Waals surface area (Å²) in [6.07, 6.45) is 1.85. The van der Waals surface area contributed by atoms with Crippen LogP contribution in [0.25, 0.3) is 0 Å². The number of hydrogen-bond acceptors (Lipinski definition) is 2. The fourth-order valence-electron chi connectivity index (χ4n) is 1.68. The quantitative estimate of drug-likeness (QED) is 0.820. The number of hydrogen-bond donors (Lipinski definition) is 0. The molecule has 3 heteroatoms. The van der Waals surface area contributed by atoms with Gasteiger partial charge in [0.05, 0.1) is 13.2 Å². The Morgan fingerprint density at radius 3 is 2.67 bits per heavy atom. The summed E-state index contributed by atoms with van der Waals surface area (Å²) in [7, 11) is 0. The number of ether oxygens (including phenoxy) is 2. The lowest BCUT2D eigenvalue weighted by molar-refractivity contribution is -0.183. The van der Waals surface area contributed by atoms with Crippen LogP contribution in [0.3, 0.4) is 0 Å². The smallest absolute Gasteiger partial charge is 0.183 e. The predicted octanol–water partition coefficient (Wildman–Crippen LogP) is 3.45. The Bertz CT molecular complexity index is 332. The standard InChI is InChI=1S/C12H15BrO2/c1-2-9-4-5-10(8-11(9)13)12-14-6-3-7-15-12/h4-5,8,12H,2-3,6-7H2,1H3. The second kappa shape index (κ2) is 5.10. The van der Waals surface area contributed by atoms with E-state index in [0.717, 1.165) is 36.1 Å². The van der Waals surface area contributed by atoms with Crippen molar-refractivity contribution in [1.29, 1.82) is 0 Å². The van der Waals surface area contributed by atoms with Gasteiger partial charge >= 0.3 is 0 Å². The molecule has 0 saturated carbocycles. The average molecular weight is 271 g/mol. The van der Waals surface area contributed by atoms with E-state index in [4.69, 9.17) is 9.47 Å². The molecule has 0 bridgehead atoms. The van der Waals surface area contributed by atoms with Crippen LogP contribution in [0.2, 0.25) is 0 Å². The summed E-state index contributed by atoms with van der Waals surface area (Å²) in [5, 5.41) is 0. The molecule has 1 aliphatic rings. The zero-order chi connectivity index (χ0) is 10.7. The largest absolute Gasteiger partial charge is 0.348 e. The van der Waals surface area contributed by atoms with E-state index < -0.39 is 0 Å². The SMILES string of the molecule is CCc1ccc(C2OCCCO2)cc1Br. The van der Waals surface area contributed by atoms with Gasteiger partial charge in [-0.2, -0.15) is 0 Å². The maximum absolute atomic E-state index is 5.55. The van der Waals surface area contributed by atoms with Crippen LogP contribution in [0.1, 0.15) is 30.8 Å². The molecule has 0 unspecified atom stereocenters. The van der Waals surface area contributed by atoms with Crippen molar-refractivity contribution < 1.29 is 9.47 Å². The highest BCUT2D eigenvalue weighted by atomic mass is 79.9. The molecule has 1 heterocycles. The molecule has 0 aliphatic carbocycles. The van der Waals surface area contributed by atoms with Crippen molar-refractivity contribution in [3.05, 3.63) is 33.8 Å². The highest BCUT2D eigenvalue weighted by Crippen LogP contribution is 2.27. The average Bonchev–Trinajstić information content (AvgIpc) is 2.30. The second-order valence-electron chi connectivity index (χ2n) is 3.63. The van der Waals surface area contributed by atoms with E-state index in [1.807, 2.05) is 0 Å². The first-order chi connectivity index (χ1) is 7.31. The van der Waals surface area contributed by atoms with Crippen LogP contribution >= 0.6 is 15.9 Å². The van der Waals surface area contributed by atoms with Crippen LogP contribution in [0.15, 0.2) is 22.7 Å². The summed E-state index contributed by atoms with van der Waals surface area (Å²) in [4.78, 5) is 0. The summed E-state index contributed by atoms with van der Waals surface area (Å²) in [5.74, 6) is 0. The molecule has 0 aromatic heterocycles. The minimum atomic E-state index is -0.180. The lowest BCUT2D eigenvalue weighted by atomic mass is 10.1. The van der Waals surface area contributed by atoms with Gasteiger partial charge in [-0.25, -0.2) is 0 Å². The Morgan fingerprint density at radius 2 is 2.07 bits per heavy atom. The molecule has 1 saturated heterocycles. The van der Waals surface area contributed by atoms with E-state index in [-0.39, 0.29) is 6.29 Å². The monoisotopic (exact) mass is 270 g/mol. The molecule has 0 amide bonds. The molecule has 15 heavy (non-hydrogen) atoms. The zero-order valence-electron chi connectivity index (χ0n) is 8.83. The van der Waals surface area contributed by atoms with Crippen LogP contribution in [0.4, 0.5) is 0 Å². The van der Waals surface area contributed by atoms with Gasteiger partial charge in [-0.1, -0.05) is 35.0 Å². The van der Waals surface area contributed by atoms with E-state index in [0.29, 0.717) is 0 Å². The summed E-state index contributed by atoms with van der Waals surface area (Å²) in [6, 6.07) is 6.30. The number of aryl methyl sites for hydroxylation is 1. The highest BCUT2D eigenvalue weighted by Gasteiger charge is 2.16. The maximum Gasteiger partial charge on any atom is 0.183 e. The molecule has 1 fully saturated rings. The van der Waals surface area contributed by atoms with Gasteiger partial charge in [0.15, 0.2) is 6.29 Å². The van der Waals surface area contributed by atoms with Crippen molar-refractivity contribution in [1.82, 2.24) is 0 Å². The number of rotatable bonds is 2. The maximum atomic E-state index is 5.55. The van der Waals surface area contributed by atoms with Gasteiger partial charge in [0, 0.05) is 10.0 Å². The normalized spacial score (nSPS) is 18.0. The van der Waals surface area contributed by atoms with E-state index in [9.17, 15) is 0 Å². The Balaban J connectivity index is 2.17. The summed E-state index contributed by atoms with van der Waals surface area (Å²) < 4.78 is 12.2. The molecule has 2 nitrogen and oxygen atoms in total. The van der Waals surface area contributed by atoms with Gasteiger partial charge in [-0.05, 0) is 24.5 Å². The topological polar surface area (TPSA) is 18.5 Å². The van der Waals surface area contributed by atoms with Crippen LogP contribution in [0.5, 0.6) is 0 Å². The number of halogens is 1. The van der Waals surface area contributed by atoms with Crippen molar-refractivity contribution >= 4 is 15.9 Å². The highest BCUT2D eigenvalue weighted by molar-refractivity contribution is 9.10. The third kappa shape index (κ3) is 2.60. The fraction of sp³-hybridized carbons (Fsp3) is 0.500. The van der Waals surface area contributed by atoms with Crippen LogP contribution in [-0.2, 0) is 15.9 Å². The van der Waals surface area contributed by atoms with E-state index >= 15 is 0 Å². The molecule has 1 aromatic rings. The first-order valence-electron chi connectivity index (χ1n) is 5.33. The summed E-state index contributed by atoms with van der Waals surface area (Å²) >= 11 is 3.56. The fourth-order valence-corrected chi connectivity index (χ4v) is 2.35. The molecule has 2 rings (SSSR count). The Kier molecular flexibility index (Phi) is 3.78. The van der Waals surface area contributed by atoms with E-state index in [1.165, 1.54) is 5.56 Å². The molecular formula is C12H15BrO2. The van der Waals surface area contributed by atoms with Gasteiger partial charge in [0.2, 0.25) is 0 Å². The van der Waals surface area contributed by atoms with Crippen molar-refractivity contribution in [2.24, 2.45) is 0 Å². The third-order valence-corrected chi connectivity index (χ3v) is 3.30. The first-order valence-corrected chi connectivity index (χ1v) is 6.12. The van der Waals surface area contributed by atoms with Gasteiger partial charge in [0.25, 0.3) is 0 Å². The molecule has 82 valence electrons. The van der Waals surface area contributed by atoms with Crippen molar-refractivity contribution in [2.75, 3.05) is 13.2 Å². The van der Waals surface area contributed by atoms with Crippen molar-refractivity contribution in [2.45, 2.75) is 26.1 Å². The second-order valence-corrected chi connectivity index (χ2v) is 4.49. The van der Waals surface area contributed by atoms with Crippen molar-refractivity contribution in [3.63, 3.8) is 0 Å². The minimum Gasteiger partial charge on any atom is -0.348 e. The molecule has 0 radical (unpaired) electrons. The minimum absolute atomic E-state index is 0.180. The molecule has 0 spiro atoms. The molecule has 1 aromatic carbocycles. The van der Waals surface area contributed by atoms with Crippen LogP contribution in [0, 0.1) is 0 Å². The van der Waals surface area contributed by atoms with Crippen LogP contribution in [-0.4, -0.2) is 13.2 Å². The molecule has 1 aliphatic heterocycles. The Hall–Kier alpha value is -0.380. The number of benzene rings is 1. The summed E-state index contributed by atoms with van der Waals surface area (Å²) in [6.45, 7) is 3.73. The van der Waals surface area contributed by atoms with E-state index in [1.54, 1.807) is 0 Å². The van der Waals surface area contributed by atoms with Crippen molar-refractivity contribution in [3.8, 4) is 0 Å². The van der Waals surface area contributed by atoms with Gasteiger partial charge < -0.3 is 9.47 Å². The Labute approximate surface area is 98.7 Å². The molecule has 0 N–H and O–H groups in total. The predicted molar refractivity (Wildman–Crippen MR) is 62.8 cm³/mol. The first kappa shape index (κ1) is 11.1. The lowest BCUT2D eigenvalue weighted by Gasteiger charge is -2.23. The molecule has 0 atom stereocenters. The third-order valence-electron chi connectivity index (χ3n) is 2.56. The van der Waals surface area contributed by atoms with Gasteiger partial charge in [0.1, 0.15) is 0 Å². The zero-order valence-corrected chi connectivity index (χ0v) is 10.4. The van der Waals surface area contributed by atoms with Gasteiger partial charge in [-0.3, -0.25) is 0 Å².